The fourth-order valence-corrected chi connectivity index (χ4v) is 2.29. The van der Waals surface area contributed by atoms with Gasteiger partial charge in [-0.3, -0.25) is 5.32 Å². The minimum Gasteiger partial charge on any atom is -0.424 e. The molecule has 2 aromatic carbocycles. The van der Waals surface area contributed by atoms with E-state index in [-0.39, 0.29) is 16.5 Å². The number of amides is 2. The highest BCUT2D eigenvalue weighted by atomic mass is 35.5. The van der Waals surface area contributed by atoms with Crippen molar-refractivity contribution in [1.82, 2.24) is 5.32 Å². The van der Waals surface area contributed by atoms with Crippen molar-refractivity contribution in [2.45, 2.75) is 12.1 Å². The average Bonchev–Trinajstić information content (AvgIpc) is 2.89. The summed E-state index contributed by atoms with van der Waals surface area (Å²) in [6, 6.07) is 4.48. The van der Waals surface area contributed by atoms with Gasteiger partial charge in [0, 0.05) is 11.1 Å². The first-order chi connectivity index (χ1) is 12.1. The third kappa shape index (κ3) is 3.19. The van der Waals surface area contributed by atoms with Crippen LogP contribution in [0.25, 0.3) is 0 Å². The predicted molar refractivity (Wildman–Crippen MR) is 80.0 cm³/mol. The number of rotatable bonds is 2. The molecule has 26 heavy (non-hydrogen) atoms. The van der Waals surface area contributed by atoms with Gasteiger partial charge in [0.2, 0.25) is 0 Å². The highest BCUT2D eigenvalue weighted by Gasteiger charge is 2.65. The summed E-state index contributed by atoms with van der Waals surface area (Å²) in [5.41, 5.74) is -0.930. The van der Waals surface area contributed by atoms with Gasteiger partial charge in [0.1, 0.15) is 17.3 Å². The summed E-state index contributed by atoms with van der Waals surface area (Å²) in [5.74, 6) is -6.64. The van der Waals surface area contributed by atoms with Crippen LogP contribution in [0.5, 0.6) is 11.5 Å². The maximum absolute atomic E-state index is 13.5. The van der Waals surface area contributed by atoms with Gasteiger partial charge in [-0.2, -0.15) is 13.2 Å². The highest BCUT2D eigenvalue weighted by Crippen LogP contribution is 2.46. The number of ether oxygens (including phenoxy) is 2. The van der Waals surface area contributed by atoms with E-state index in [1.807, 2.05) is 0 Å². The Labute approximate surface area is 147 Å². The molecule has 5 nitrogen and oxygen atoms in total. The highest BCUT2D eigenvalue weighted by molar-refractivity contribution is 6.30. The van der Waals surface area contributed by atoms with E-state index in [0.29, 0.717) is 0 Å². The lowest BCUT2D eigenvalue weighted by Crippen LogP contribution is -2.65. The number of alkyl halides is 3. The molecule has 1 aliphatic rings. The molecule has 0 bridgehead atoms. The zero-order valence-electron chi connectivity index (χ0n) is 12.5. The Morgan fingerprint density at radius 1 is 1.04 bits per heavy atom. The molecule has 0 unspecified atom stereocenters. The maximum atomic E-state index is 13.5. The third-order valence-electron chi connectivity index (χ3n) is 3.27. The number of nitrogens with one attached hydrogen (secondary N) is 2. The van der Waals surface area contributed by atoms with E-state index in [2.05, 4.69) is 0 Å². The molecular formula is C15H8ClF5N2O3. The number of urea groups is 1. The van der Waals surface area contributed by atoms with E-state index in [4.69, 9.17) is 21.1 Å². The fourth-order valence-electron chi connectivity index (χ4n) is 2.13. The van der Waals surface area contributed by atoms with Gasteiger partial charge in [-0.1, -0.05) is 17.7 Å². The van der Waals surface area contributed by atoms with Gasteiger partial charge in [0.05, 0.1) is 0 Å². The van der Waals surface area contributed by atoms with Crippen molar-refractivity contribution in [3.63, 3.8) is 0 Å². The van der Waals surface area contributed by atoms with E-state index in [1.54, 1.807) is 5.32 Å². The molecule has 0 aliphatic carbocycles. The van der Waals surface area contributed by atoms with Gasteiger partial charge >= 0.3 is 18.1 Å². The van der Waals surface area contributed by atoms with Crippen LogP contribution in [0.4, 0.5) is 32.4 Å². The second-order valence-electron chi connectivity index (χ2n) is 5.09. The smallest absolute Gasteiger partial charge is 0.424 e. The minimum atomic E-state index is -5.23. The molecule has 2 amide bonds. The Bertz CT molecular complexity index is 857. The largest absolute Gasteiger partial charge is 0.492 e. The lowest BCUT2D eigenvalue weighted by Gasteiger charge is -2.29. The van der Waals surface area contributed by atoms with Crippen LogP contribution in [-0.4, -0.2) is 18.1 Å². The number of hydrogen-bond donors (Lipinski definition) is 2. The van der Waals surface area contributed by atoms with E-state index in [0.717, 1.165) is 30.3 Å². The number of fused-ring (bicyclic) bond motifs is 1. The standard InChI is InChI=1S/C15H8ClF5N2O3/c16-7-4-5-10-11(6-7)26-15(25-10,14(19,20)21)23-13(24)22-12-8(17)2-1-3-9(12)18/h1-6H,(H2,22,23,24)/t15-/m1/s1. The van der Waals surface area contributed by atoms with Crippen LogP contribution in [0, 0.1) is 11.6 Å². The second kappa shape index (κ2) is 6.20. The van der Waals surface area contributed by atoms with E-state index < -0.39 is 35.4 Å². The first kappa shape index (κ1) is 18.1. The van der Waals surface area contributed by atoms with Crippen molar-refractivity contribution in [2.24, 2.45) is 0 Å². The Morgan fingerprint density at radius 2 is 1.65 bits per heavy atom. The van der Waals surface area contributed by atoms with Crippen LogP contribution in [0.15, 0.2) is 36.4 Å². The van der Waals surface area contributed by atoms with Gasteiger partial charge in [-0.05, 0) is 24.3 Å². The molecule has 0 saturated carbocycles. The normalized spacial score (nSPS) is 18.5. The van der Waals surface area contributed by atoms with Gasteiger partial charge in [0.15, 0.2) is 11.5 Å². The lowest BCUT2D eigenvalue weighted by atomic mass is 10.3. The molecule has 1 atom stereocenters. The summed E-state index contributed by atoms with van der Waals surface area (Å²) < 4.78 is 76.9. The zero-order chi connectivity index (χ0) is 19.1. The van der Waals surface area contributed by atoms with Crippen molar-refractivity contribution in [2.75, 3.05) is 5.32 Å². The van der Waals surface area contributed by atoms with Crippen LogP contribution >= 0.6 is 11.6 Å². The van der Waals surface area contributed by atoms with Crippen LogP contribution in [0.1, 0.15) is 0 Å². The number of hydrogen-bond acceptors (Lipinski definition) is 3. The quantitative estimate of drug-likeness (QED) is 0.741. The number of benzene rings is 2. The van der Waals surface area contributed by atoms with Gasteiger partial charge in [0.25, 0.3) is 0 Å². The molecule has 2 N–H and O–H groups in total. The summed E-state index contributed by atoms with van der Waals surface area (Å²) in [6.07, 6.45) is -5.23. The second-order valence-corrected chi connectivity index (χ2v) is 5.52. The number of carbonyl (C=O) groups is 1. The molecule has 0 spiro atoms. The predicted octanol–water partition coefficient (Wildman–Crippen LogP) is 4.43. The molecule has 11 heteroatoms. The summed E-state index contributed by atoms with van der Waals surface area (Å²) in [5, 5.41) is 3.13. The van der Waals surface area contributed by atoms with Gasteiger partial charge < -0.3 is 14.8 Å². The van der Waals surface area contributed by atoms with Crippen molar-refractivity contribution < 1.29 is 36.2 Å². The first-order valence-corrected chi connectivity index (χ1v) is 7.26. The minimum absolute atomic E-state index is 0.0724. The monoisotopic (exact) mass is 394 g/mol. The zero-order valence-corrected chi connectivity index (χ0v) is 13.2. The van der Waals surface area contributed by atoms with Crippen molar-refractivity contribution in [3.05, 3.63) is 53.1 Å². The first-order valence-electron chi connectivity index (χ1n) is 6.89. The molecule has 0 aromatic heterocycles. The summed E-state index contributed by atoms with van der Waals surface area (Å²) in [4.78, 5) is 11.9. The summed E-state index contributed by atoms with van der Waals surface area (Å²) >= 11 is 5.68. The topological polar surface area (TPSA) is 59.6 Å². The molecule has 0 radical (unpaired) electrons. The molecule has 1 aliphatic heterocycles. The molecule has 1 heterocycles. The van der Waals surface area contributed by atoms with Crippen molar-refractivity contribution in [3.8, 4) is 11.5 Å². The lowest BCUT2D eigenvalue weighted by molar-refractivity contribution is -0.317. The van der Waals surface area contributed by atoms with Crippen LogP contribution in [0.2, 0.25) is 5.02 Å². The maximum Gasteiger partial charge on any atom is 0.492 e. The molecule has 3 rings (SSSR count). The fraction of sp³-hybridized carbons (Fsp3) is 0.133. The van der Waals surface area contributed by atoms with Crippen molar-refractivity contribution >= 4 is 23.3 Å². The molecule has 2 aromatic rings. The molecule has 0 saturated heterocycles. The molecule has 138 valence electrons. The Kier molecular flexibility index (Phi) is 4.31. The number of carbonyl (C=O) groups excluding carboxylic acids is 1. The SMILES string of the molecule is O=C(Nc1c(F)cccc1F)N[C@]1(C(F)(F)F)Oc2ccc(Cl)cc2O1. The van der Waals surface area contributed by atoms with Crippen molar-refractivity contribution in [1.29, 1.82) is 0 Å². The van der Waals surface area contributed by atoms with Gasteiger partial charge in [-0.25, -0.2) is 13.6 Å². The molecular weight excluding hydrogens is 387 g/mol. The Morgan fingerprint density at radius 3 is 2.27 bits per heavy atom. The van der Waals surface area contributed by atoms with E-state index >= 15 is 0 Å². The Balaban J connectivity index is 1.86. The van der Waals surface area contributed by atoms with Crippen LogP contribution in [-0.2, 0) is 0 Å². The number of anilines is 1. The number of halogens is 6. The molecule has 0 fully saturated rings. The van der Waals surface area contributed by atoms with Gasteiger partial charge in [-0.15, -0.1) is 0 Å². The summed E-state index contributed by atoms with van der Waals surface area (Å²) in [7, 11) is 0. The third-order valence-corrected chi connectivity index (χ3v) is 3.50. The average molecular weight is 395 g/mol. The Hall–Kier alpha value is -2.75. The van der Waals surface area contributed by atoms with Crippen LogP contribution in [0.3, 0.4) is 0 Å². The summed E-state index contributed by atoms with van der Waals surface area (Å²) in [6.45, 7) is 0. The van der Waals surface area contributed by atoms with E-state index in [9.17, 15) is 26.7 Å². The van der Waals surface area contributed by atoms with Crippen LogP contribution < -0.4 is 20.1 Å². The van der Waals surface area contributed by atoms with E-state index in [1.165, 1.54) is 11.4 Å². The number of para-hydroxylation sites is 1.